The number of hydrogen-bond donors (Lipinski definition) is 2. The van der Waals surface area contributed by atoms with E-state index < -0.39 is 11.6 Å². The van der Waals surface area contributed by atoms with Gasteiger partial charge in [-0.3, -0.25) is 14.8 Å². The standard InChI is InChI=1S/C23H22N5O4/c1-23(2)21-17(16-8-3-4-9-18(16)25-21)11-19-22(30)26(13-20(29)27(19)23)24-12-14-6-5-7-15(10-14)28(31)32/h3-10,12,19,25,31H,11,13H2,1-2H3/q-1/b24-12+/t19-/m0/s1. The van der Waals surface area contributed by atoms with Gasteiger partial charge in [0.1, 0.15) is 12.6 Å². The average molecular weight is 432 g/mol. The minimum absolute atomic E-state index is 0.0436. The molecule has 1 atom stereocenters. The summed E-state index contributed by atoms with van der Waals surface area (Å²) in [4.78, 5) is 31.6. The van der Waals surface area contributed by atoms with Crippen LogP contribution in [0.3, 0.4) is 0 Å². The average Bonchev–Trinajstić information content (AvgIpc) is 3.15. The zero-order valence-electron chi connectivity index (χ0n) is 17.6. The number of piperazine rings is 1. The molecule has 0 spiro atoms. The van der Waals surface area contributed by atoms with Crippen molar-refractivity contribution in [2.24, 2.45) is 5.10 Å². The van der Waals surface area contributed by atoms with Crippen LogP contribution in [-0.4, -0.2) is 50.7 Å². The summed E-state index contributed by atoms with van der Waals surface area (Å²) in [6.07, 6.45) is 1.81. The third-order valence-corrected chi connectivity index (χ3v) is 6.27. The van der Waals surface area contributed by atoms with Crippen LogP contribution < -0.4 is 5.23 Å². The molecule has 164 valence electrons. The van der Waals surface area contributed by atoms with Gasteiger partial charge in [0.2, 0.25) is 5.91 Å². The molecule has 0 radical (unpaired) electrons. The molecule has 2 aromatic carbocycles. The predicted molar refractivity (Wildman–Crippen MR) is 119 cm³/mol. The summed E-state index contributed by atoms with van der Waals surface area (Å²) in [7, 11) is 0. The molecule has 1 saturated heterocycles. The second kappa shape index (κ2) is 7.18. The van der Waals surface area contributed by atoms with Gasteiger partial charge in [-0.25, -0.2) is 5.01 Å². The second-order valence-electron chi connectivity index (χ2n) is 8.58. The van der Waals surface area contributed by atoms with E-state index in [4.69, 9.17) is 5.21 Å². The molecule has 2 amide bonds. The van der Waals surface area contributed by atoms with Crippen LogP contribution >= 0.6 is 0 Å². The van der Waals surface area contributed by atoms with Gasteiger partial charge in [-0.2, -0.15) is 5.10 Å². The van der Waals surface area contributed by atoms with E-state index in [1.165, 1.54) is 23.4 Å². The fourth-order valence-corrected chi connectivity index (χ4v) is 4.82. The Morgan fingerprint density at radius 1 is 1.22 bits per heavy atom. The summed E-state index contributed by atoms with van der Waals surface area (Å²) < 4.78 is 0. The molecular formula is C23H22N5O4-. The predicted octanol–water partition coefficient (Wildman–Crippen LogP) is 2.73. The quantitative estimate of drug-likeness (QED) is 0.488. The molecule has 1 fully saturated rings. The van der Waals surface area contributed by atoms with E-state index in [9.17, 15) is 14.8 Å². The SMILES string of the molecule is CC1(C)c2[nH]c3ccccc3c2C[C@H]2C(=O)N(/N=C/c3cccc(N([O-])O)c3)CC(=O)N21. The molecule has 0 bridgehead atoms. The van der Waals surface area contributed by atoms with Crippen molar-refractivity contribution in [1.29, 1.82) is 0 Å². The summed E-state index contributed by atoms with van der Waals surface area (Å²) in [6, 6.07) is 13.4. The van der Waals surface area contributed by atoms with E-state index >= 15 is 0 Å². The van der Waals surface area contributed by atoms with Crippen molar-refractivity contribution >= 4 is 34.6 Å². The number of H-pyrrole nitrogens is 1. The molecule has 32 heavy (non-hydrogen) atoms. The Balaban J connectivity index is 1.48. The van der Waals surface area contributed by atoms with Crippen LogP contribution in [0.25, 0.3) is 10.9 Å². The van der Waals surface area contributed by atoms with Crippen molar-refractivity contribution in [3.63, 3.8) is 0 Å². The highest BCUT2D eigenvalue weighted by atomic mass is 16.8. The van der Waals surface area contributed by atoms with Gasteiger partial charge in [-0.05, 0) is 43.2 Å². The fourth-order valence-electron chi connectivity index (χ4n) is 4.82. The molecule has 0 saturated carbocycles. The van der Waals surface area contributed by atoms with Crippen molar-refractivity contribution in [2.45, 2.75) is 31.8 Å². The summed E-state index contributed by atoms with van der Waals surface area (Å²) in [5.74, 6) is -0.440. The van der Waals surface area contributed by atoms with Gasteiger partial charge in [0, 0.05) is 23.0 Å². The Morgan fingerprint density at radius 2 is 2.00 bits per heavy atom. The maximum absolute atomic E-state index is 13.4. The van der Waals surface area contributed by atoms with Crippen LogP contribution in [0.1, 0.15) is 30.7 Å². The van der Waals surface area contributed by atoms with Gasteiger partial charge in [0.25, 0.3) is 5.91 Å². The van der Waals surface area contributed by atoms with E-state index in [1.54, 1.807) is 17.0 Å². The van der Waals surface area contributed by atoms with Crippen molar-refractivity contribution < 1.29 is 14.8 Å². The normalized spacial score (nSPS) is 20.1. The Labute approximate surface area is 184 Å². The van der Waals surface area contributed by atoms with Gasteiger partial charge in [-0.1, -0.05) is 30.3 Å². The molecule has 3 heterocycles. The lowest BCUT2D eigenvalue weighted by Gasteiger charge is -2.50. The Kier molecular flexibility index (Phi) is 4.54. The van der Waals surface area contributed by atoms with Gasteiger partial charge in [-0.15, -0.1) is 0 Å². The van der Waals surface area contributed by atoms with Crippen molar-refractivity contribution in [2.75, 3.05) is 11.8 Å². The number of nitrogens with zero attached hydrogens (tertiary/aromatic N) is 4. The van der Waals surface area contributed by atoms with Crippen LogP contribution in [0.15, 0.2) is 53.6 Å². The lowest BCUT2D eigenvalue weighted by atomic mass is 9.82. The van der Waals surface area contributed by atoms with Gasteiger partial charge in [0.15, 0.2) is 0 Å². The molecule has 2 aliphatic heterocycles. The lowest BCUT2D eigenvalue weighted by Crippen LogP contribution is -2.66. The number of aromatic nitrogens is 1. The summed E-state index contributed by atoms with van der Waals surface area (Å²) in [6.45, 7) is 3.73. The maximum Gasteiger partial charge on any atom is 0.266 e. The van der Waals surface area contributed by atoms with Crippen molar-refractivity contribution in [3.05, 3.63) is 70.6 Å². The number of benzene rings is 2. The number of amides is 2. The van der Waals surface area contributed by atoms with Gasteiger partial charge >= 0.3 is 0 Å². The molecule has 5 rings (SSSR count). The first kappa shape index (κ1) is 20.2. The molecule has 1 aromatic heterocycles. The minimum Gasteiger partial charge on any atom is -0.733 e. The fraction of sp³-hybridized carbons (Fsp3) is 0.261. The topological polar surface area (TPSA) is 115 Å². The molecule has 2 aliphatic rings. The molecule has 9 nitrogen and oxygen atoms in total. The third-order valence-electron chi connectivity index (χ3n) is 6.27. The molecule has 2 N–H and O–H groups in total. The zero-order chi connectivity index (χ0) is 22.6. The van der Waals surface area contributed by atoms with Crippen LogP contribution in [-0.2, 0) is 21.5 Å². The monoisotopic (exact) mass is 432 g/mol. The molecule has 0 unspecified atom stereocenters. The van der Waals surface area contributed by atoms with Gasteiger partial charge in [0.05, 0.1) is 17.4 Å². The number of hydrogen-bond acceptors (Lipinski definition) is 6. The number of hydrazone groups is 1. The first-order valence-corrected chi connectivity index (χ1v) is 10.3. The first-order chi connectivity index (χ1) is 15.3. The van der Waals surface area contributed by atoms with Crippen LogP contribution in [0, 0.1) is 5.21 Å². The van der Waals surface area contributed by atoms with Crippen LogP contribution in [0.4, 0.5) is 5.69 Å². The molecule has 3 aromatic rings. The maximum atomic E-state index is 13.4. The van der Waals surface area contributed by atoms with Crippen LogP contribution in [0.5, 0.6) is 0 Å². The van der Waals surface area contributed by atoms with Crippen molar-refractivity contribution in [3.8, 4) is 0 Å². The minimum atomic E-state index is -0.674. The first-order valence-electron chi connectivity index (χ1n) is 10.3. The van der Waals surface area contributed by atoms with Crippen LogP contribution in [0.2, 0.25) is 0 Å². The van der Waals surface area contributed by atoms with E-state index in [0.717, 1.165) is 22.2 Å². The Bertz CT molecular complexity index is 1260. The smallest absolute Gasteiger partial charge is 0.266 e. The van der Waals surface area contributed by atoms with E-state index in [1.807, 2.05) is 38.1 Å². The number of para-hydroxylation sites is 1. The zero-order valence-corrected chi connectivity index (χ0v) is 17.6. The molecule has 9 heteroatoms. The Hall–Kier alpha value is -3.69. The summed E-state index contributed by atoms with van der Waals surface area (Å²) >= 11 is 0. The number of aromatic amines is 1. The number of anilines is 1. The second-order valence-corrected chi connectivity index (χ2v) is 8.58. The highest BCUT2D eigenvalue weighted by molar-refractivity contribution is 5.98. The van der Waals surface area contributed by atoms with E-state index in [-0.39, 0.29) is 29.3 Å². The lowest BCUT2D eigenvalue weighted by molar-refractivity contribution is -0.163. The van der Waals surface area contributed by atoms with Crippen molar-refractivity contribution in [1.82, 2.24) is 14.9 Å². The summed E-state index contributed by atoms with van der Waals surface area (Å²) in [5.41, 5.74) is 2.87. The van der Waals surface area contributed by atoms with E-state index in [2.05, 4.69) is 10.1 Å². The number of nitrogens with one attached hydrogen (secondary N) is 1. The van der Waals surface area contributed by atoms with Gasteiger partial charge < -0.3 is 20.3 Å². The summed E-state index contributed by atoms with van der Waals surface area (Å²) in [5, 5.41) is 26.4. The number of fused-ring (bicyclic) bond motifs is 4. The molecular weight excluding hydrogens is 410 g/mol. The number of rotatable bonds is 3. The van der Waals surface area contributed by atoms with E-state index in [0.29, 0.717) is 12.0 Å². The highest BCUT2D eigenvalue weighted by Crippen LogP contribution is 2.42. The number of carbonyl (C=O) groups is 2. The largest absolute Gasteiger partial charge is 0.733 e. The Morgan fingerprint density at radius 3 is 2.78 bits per heavy atom. The number of carbonyl (C=O) groups excluding carboxylic acids is 2. The molecule has 0 aliphatic carbocycles. The third kappa shape index (κ3) is 3.05. The highest BCUT2D eigenvalue weighted by Gasteiger charge is 2.51.